The van der Waals surface area contributed by atoms with Crippen molar-refractivity contribution in [3.63, 3.8) is 0 Å². The summed E-state index contributed by atoms with van der Waals surface area (Å²) in [5.74, 6) is 0.972. The second-order valence-electron chi connectivity index (χ2n) is 6.95. The summed E-state index contributed by atoms with van der Waals surface area (Å²) in [6.45, 7) is 5.56. The van der Waals surface area contributed by atoms with Gasteiger partial charge in [0.1, 0.15) is 17.1 Å². The lowest BCUT2D eigenvalue weighted by atomic mass is 10.0. The number of aryl methyl sites for hydroxylation is 1. The number of nitrogens with one attached hydrogen (secondary N) is 1. The highest BCUT2D eigenvalue weighted by atomic mass is 32.2. The lowest BCUT2D eigenvalue weighted by Crippen LogP contribution is -2.13. The predicted octanol–water partition coefficient (Wildman–Crippen LogP) is 5.30. The summed E-state index contributed by atoms with van der Waals surface area (Å²) in [6, 6.07) is 15.2. The standard InChI is InChI=1S/C23H21NO5S/c1-4-28-16-9-11-17(12-10-16)30(26,27)24-21-13-20-22(14(2)25)15(3)29-23(20)19-8-6-5-7-18(19)21/h5-13,24H,4H2,1-3H3. The normalized spacial score (nSPS) is 11.7. The molecule has 1 N–H and O–H groups in total. The van der Waals surface area contributed by atoms with Crippen molar-refractivity contribution >= 4 is 43.2 Å². The minimum Gasteiger partial charge on any atom is -0.494 e. The number of furan rings is 1. The number of sulfonamides is 1. The van der Waals surface area contributed by atoms with Crippen molar-refractivity contribution in [2.75, 3.05) is 11.3 Å². The Balaban J connectivity index is 1.87. The molecule has 0 saturated heterocycles. The Morgan fingerprint density at radius 2 is 1.70 bits per heavy atom. The lowest BCUT2D eigenvalue weighted by Gasteiger charge is -2.12. The number of rotatable bonds is 6. The third-order valence-electron chi connectivity index (χ3n) is 4.91. The van der Waals surface area contributed by atoms with Crippen LogP contribution < -0.4 is 9.46 Å². The van der Waals surface area contributed by atoms with Crippen LogP contribution in [0.5, 0.6) is 5.75 Å². The van der Waals surface area contributed by atoms with Crippen LogP contribution in [0.25, 0.3) is 21.7 Å². The summed E-state index contributed by atoms with van der Waals surface area (Å²) in [6.07, 6.45) is 0. The fourth-order valence-corrected chi connectivity index (χ4v) is 4.72. The maximum atomic E-state index is 13.0. The van der Waals surface area contributed by atoms with Gasteiger partial charge in [-0.3, -0.25) is 9.52 Å². The van der Waals surface area contributed by atoms with Crippen LogP contribution in [-0.2, 0) is 10.0 Å². The van der Waals surface area contributed by atoms with Gasteiger partial charge in [-0.2, -0.15) is 0 Å². The van der Waals surface area contributed by atoms with E-state index in [1.165, 1.54) is 19.1 Å². The maximum absolute atomic E-state index is 13.0. The van der Waals surface area contributed by atoms with Crippen molar-refractivity contribution in [3.8, 4) is 5.75 Å². The third kappa shape index (κ3) is 3.41. The Morgan fingerprint density at radius 3 is 2.33 bits per heavy atom. The number of anilines is 1. The highest BCUT2D eigenvalue weighted by Crippen LogP contribution is 2.37. The largest absolute Gasteiger partial charge is 0.494 e. The quantitative estimate of drug-likeness (QED) is 0.426. The molecule has 3 aromatic carbocycles. The highest BCUT2D eigenvalue weighted by Gasteiger charge is 2.21. The Bertz CT molecular complexity index is 1370. The van der Waals surface area contributed by atoms with Crippen LogP contribution in [0, 0.1) is 6.92 Å². The van der Waals surface area contributed by atoms with Crippen LogP contribution in [0.4, 0.5) is 5.69 Å². The van der Waals surface area contributed by atoms with Crippen molar-refractivity contribution in [1.29, 1.82) is 0 Å². The van der Waals surface area contributed by atoms with Crippen LogP contribution >= 0.6 is 0 Å². The SMILES string of the molecule is CCOc1ccc(S(=O)(=O)Nc2cc3c(C(C)=O)c(C)oc3c3ccccc23)cc1. The first-order valence-electron chi connectivity index (χ1n) is 9.53. The van der Waals surface area contributed by atoms with Gasteiger partial charge in [0.15, 0.2) is 5.78 Å². The monoisotopic (exact) mass is 423 g/mol. The lowest BCUT2D eigenvalue weighted by molar-refractivity contribution is 0.101. The molecule has 4 aromatic rings. The van der Waals surface area contributed by atoms with E-state index in [2.05, 4.69) is 4.72 Å². The van der Waals surface area contributed by atoms with Gasteiger partial charge in [-0.1, -0.05) is 24.3 Å². The van der Waals surface area contributed by atoms with E-state index in [0.29, 0.717) is 45.7 Å². The van der Waals surface area contributed by atoms with Crippen LogP contribution in [0.2, 0.25) is 0 Å². The third-order valence-corrected chi connectivity index (χ3v) is 6.29. The average molecular weight is 423 g/mol. The van der Waals surface area contributed by atoms with Crippen LogP contribution in [0.1, 0.15) is 30.0 Å². The molecule has 0 spiro atoms. The van der Waals surface area contributed by atoms with Gasteiger partial charge in [0.05, 0.1) is 22.8 Å². The summed E-state index contributed by atoms with van der Waals surface area (Å²) in [5.41, 5.74) is 1.41. The van der Waals surface area contributed by atoms with Gasteiger partial charge in [0.25, 0.3) is 10.0 Å². The molecular formula is C23H21NO5S. The van der Waals surface area contributed by atoms with Crippen molar-refractivity contribution in [2.24, 2.45) is 0 Å². The number of hydrogen-bond acceptors (Lipinski definition) is 5. The molecule has 0 radical (unpaired) electrons. The zero-order valence-electron chi connectivity index (χ0n) is 16.9. The molecule has 154 valence electrons. The van der Waals surface area contributed by atoms with Crippen LogP contribution in [0.3, 0.4) is 0 Å². The number of fused-ring (bicyclic) bond motifs is 3. The van der Waals surface area contributed by atoms with Crippen molar-refractivity contribution in [1.82, 2.24) is 0 Å². The number of carbonyl (C=O) groups is 1. The predicted molar refractivity (Wildman–Crippen MR) is 117 cm³/mol. The Morgan fingerprint density at radius 1 is 1.03 bits per heavy atom. The van der Waals surface area contributed by atoms with Gasteiger partial charge in [0.2, 0.25) is 0 Å². The molecule has 0 saturated carbocycles. The minimum atomic E-state index is -3.85. The zero-order chi connectivity index (χ0) is 21.5. The molecule has 1 aromatic heterocycles. The van der Waals surface area contributed by atoms with E-state index >= 15 is 0 Å². The second-order valence-corrected chi connectivity index (χ2v) is 8.63. The van der Waals surface area contributed by atoms with E-state index in [4.69, 9.17) is 9.15 Å². The van der Waals surface area contributed by atoms with Crippen molar-refractivity contribution in [2.45, 2.75) is 25.7 Å². The summed E-state index contributed by atoms with van der Waals surface area (Å²) in [7, 11) is -3.85. The molecule has 0 aliphatic heterocycles. The molecule has 0 aliphatic rings. The zero-order valence-corrected chi connectivity index (χ0v) is 17.7. The average Bonchev–Trinajstić information content (AvgIpc) is 3.05. The van der Waals surface area contributed by atoms with E-state index in [1.807, 2.05) is 31.2 Å². The fourth-order valence-electron chi connectivity index (χ4n) is 3.65. The van der Waals surface area contributed by atoms with Gasteiger partial charge >= 0.3 is 0 Å². The molecule has 0 unspecified atom stereocenters. The number of carbonyl (C=O) groups excluding carboxylic acids is 1. The summed E-state index contributed by atoms with van der Waals surface area (Å²) in [4.78, 5) is 12.3. The van der Waals surface area contributed by atoms with Gasteiger partial charge in [-0.05, 0) is 51.1 Å². The summed E-state index contributed by atoms with van der Waals surface area (Å²) >= 11 is 0. The number of ketones is 1. The van der Waals surface area contributed by atoms with Crippen LogP contribution in [0.15, 0.2) is 63.9 Å². The van der Waals surface area contributed by atoms with E-state index in [0.717, 1.165) is 5.39 Å². The highest BCUT2D eigenvalue weighted by molar-refractivity contribution is 7.92. The molecule has 30 heavy (non-hydrogen) atoms. The molecule has 0 fully saturated rings. The number of Topliss-reactive ketones (excluding diaryl/α,β-unsaturated/α-hetero) is 1. The molecule has 0 amide bonds. The summed E-state index contributed by atoms with van der Waals surface area (Å²) in [5, 5.41) is 2.00. The number of benzene rings is 3. The first-order valence-corrected chi connectivity index (χ1v) is 11.0. The van der Waals surface area contributed by atoms with Crippen molar-refractivity contribution < 1.29 is 22.4 Å². The Kier molecular flexibility index (Phi) is 4.99. The number of hydrogen-bond donors (Lipinski definition) is 1. The van der Waals surface area contributed by atoms with E-state index in [1.54, 1.807) is 25.1 Å². The van der Waals surface area contributed by atoms with E-state index < -0.39 is 10.0 Å². The van der Waals surface area contributed by atoms with Gasteiger partial charge in [-0.25, -0.2) is 8.42 Å². The molecule has 4 rings (SSSR count). The molecule has 6 nitrogen and oxygen atoms in total. The van der Waals surface area contributed by atoms with Gasteiger partial charge in [0, 0.05) is 16.2 Å². The molecule has 0 bridgehead atoms. The van der Waals surface area contributed by atoms with Gasteiger partial charge in [-0.15, -0.1) is 0 Å². The smallest absolute Gasteiger partial charge is 0.261 e. The maximum Gasteiger partial charge on any atom is 0.261 e. The molecule has 0 atom stereocenters. The van der Waals surface area contributed by atoms with E-state index in [-0.39, 0.29) is 10.7 Å². The Labute approximate surface area is 174 Å². The minimum absolute atomic E-state index is 0.116. The second kappa shape index (κ2) is 7.50. The first-order chi connectivity index (χ1) is 14.3. The molecule has 1 heterocycles. The fraction of sp³-hybridized carbons (Fsp3) is 0.174. The molecular weight excluding hydrogens is 402 g/mol. The number of ether oxygens (including phenoxy) is 1. The molecule has 7 heteroatoms. The Hall–Kier alpha value is -3.32. The van der Waals surface area contributed by atoms with Crippen molar-refractivity contribution in [3.05, 3.63) is 65.9 Å². The topological polar surface area (TPSA) is 85.6 Å². The van der Waals surface area contributed by atoms with E-state index in [9.17, 15) is 13.2 Å². The van der Waals surface area contributed by atoms with Gasteiger partial charge < -0.3 is 9.15 Å². The van der Waals surface area contributed by atoms with Crippen LogP contribution in [-0.4, -0.2) is 20.8 Å². The molecule has 0 aliphatic carbocycles. The first kappa shape index (κ1) is 20.0. The summed E-state index contributed by atoms with van der Waals surface area (Å²) < 4.78 is 40.0.